The molecule has 108 valence electrons. The van der Waals surface area contributed by atoms with E-state index >= 15 is 0 Å². The third-order valence-electron chi connectivity index (χ3n) is 3.08. The summed E-state index contributed by atoms with van der Waals surface area (Å²) in [7, 11) is 1.41. The van der Waals surface area contributed by atoms with Gasteiger partial charge in [-0.05, 0) is 19.8 Å². The summed E-state index contributed by atoms with van der Waals surface area (Å²) in [5, 5.41) is 11.4. The monoisotopic (exact) mass is 277 g/mol. The minimum Gasteiger partial charge on any atom is -0.469 e. The van der Waals surface area contributed by atoms with Crippen molar-refractivity contribution in [2.24, 2.45) is 0 Å². The fourth-order valence-corrected chi connectivity index (χ4v) is 1.95. The number of nitrogens with zero attached hydrogens (tertiary/aromatic N) is 4. The van der Waals surface area contributed by atoms with Crippen molar-refractivity contribution in [3.63, 3.8) is 0 Å². The molecule has 1 N–H and O–H groups in total. The fourth-order valence-electron chi connectivity index (χ4n) is 1.95. The zero-order valence-corrected chi connectivity index (χ0v) is 11.8. The van der Waals surface area contributed by atoms with Gasteiger partial charge in [0.1, 0.15) is 5.82 Å². The van der Waals surface area contributed by atoms with E-state index in [0.717, 1.165) is 43.1 Å². The molecule has 0 aromatic carbocycles. The van der Waals surface area contributed by atoms with Crippen molar-refractivity contribution in [1.82, 2.24) is 19.6 Å². The summed E-state index contributed by atoms with van der Waals surface area (Å²) in [4.78, 5) is 15.2. The average molecular weight is 277 g/mol. The van der Waals surface area contributed by atoms with Crippen molar-refractivity contribution in [3.05, 3.63) is 18.2 Å². The van der Waals surface area contributed by atoms with Crippen LogP contribution in [0.5, 0.6) is 0 Å². The van der Waals surface area contributed by atoms with Gasteiger partial charge in [0.25, 0.3) is 0 Å². The summed E-state index contributed by atoms with van der Waals surface area (Å²) in [6.45, 7) is 2.69. The van der Waals surface area contributed by atoms with Gasteiger partial charge in [-0.3, -0.25) is 9.20 Å². The second-order valence-corrected chi connectivity index (χ2v) is 4.53. The maximum absolute atomic E-state index is 10.9. The number of unbranched alkanes of at least 4 members (excludes halogenated alkanes) is 2. The van der Waals surface area contributed by atoms with Crippen molar-refractivity contribution in [1.29, 1.82) is 0 Å². The van der Waals surface area contributed by atoms with Gasteiger partial charge in [-0.15, -0.1) is 10.2 Å². The van der Waals surface area contributed by atoms with Crippen LogP contribution in [-0.4, -0.2) is 39.2 Å². The zero-order valence-electron chi connectivity index (χ0n) is 11.8. The molecule has 0 aliphatic rings. The smallest absolute Gasteiger partial charge is 0.305 e. The van der Waals surface area contributed by atoms with Crippen molar-refractivity contribution in [2.75, 3.05) is 19.0 Å². The van der Waals surface area contributed by atoms with E-state index in [1.807, 2.05) is 17.5 Å². The Hall–Kier alpha value is -2.18. The Labute approximate surface area is 117 Å². The van der Waals surface area contributed by atoms with Crippen molar-refractivity contribution < 1.29 is 9.53 Å². The Kier molecular flexibility index (Phi) is 4.86. The quantitative estimate of drug-likeness (QED) is 0.611. The Morgan fingerprint density at radius 1 is 1.35 bits per heavy atom. The summed E-state index contributed by atoms with van der Waals surface area (Å²) in [5.74, 6) is 1.42. The predicted octanol–water partition coefficient (Wildman–Crippen LogP) is 1.58. The predicted molar refractivity (Wildman–Crippen MR) is 74.5 cm³/mol. The Bertz CT molecular complexity index is 581. The van der Waals surface area contributed by atoms with Crippen LogP contribution in [0, 0.1) is 6.92 Å². The minimum atomic E-state index is -0.150. The number of carbonyl (C=O) groups excluding carboxylic acids is 1. The topological polar surface area (TPSA) is 81.4 Å². The van der Waals surface area contributed by atoms with E-state index in [4.69, 9.17) is 0 Å². The van der Waals surface area contributed by atoms with Crippen LogP contribution < -0.4 is 5.32 Å². The van der Waals surface area contributed by atoms with E-state index in [1.165, 1.54) is 7.11 Å². The average Bonchev–Trinajstić information content (AvgIpc) is 2.85. The van der Waals surface area contributed by atoms with E-state index in [9.17, 15) is 4.79 Å². The molecule has 7 nitrogen and oxygen atoms in total. The first kappa shape index (κ1) is 14.2. The van der Waals surface area contributed by atoms with Gasteiger partial charge in [-0.2, -0.15) is 0 Å². The molecule has 0 spiro atoms. The molecule has 2 heterocycles. The lowest BCUT2D eigenvalue weighted by atomic mass is 10.2. The highest BCUT2D eigenvalue weighted by Gasteiger charge is 2.06. The van der Waals surface area contributed by atoms with Crippen LogP contribution in [0.2, 0.25) is 0 Å². The van der Waals surface area contributed by atoms with E-state index in [1.54, 1.807) is 6.20 Å². The van der Waals surface area contributed by atoms with Gasteiger partial charge in [0, 0.05) is 25.4 Å². The molecular weight excluding hydrogens is 258 g/mol. The first-order valence-electron chi connectivity index (χ1n) is 6.69. The molecule has 0 saturated heterocycles. The first-order valence-corrected chi connectivity index (χ1v) is 6.69. The normalized spacial score (nSPS) is 10.7. The van der Waals surface area contributed by atoms with E-state index in [-0.39, 0.29) is 5.97 Å². The summed E-state index contributed by atoms with van der Waals surface area (Å²) in [6.07, 6.45) is 6.82. The van der Waals surface area contributed by atoms with Crippen molar-refractivity contribution >= 4 is 17.4 Å². The second kappa shape index (κ2) is 6.83. The molecule has 0 unspecified atom stereocenters. The van der Waals surface area contributed by atoms with Crippen LogP contribution in [0.4, 0.5) is 5.82 Å². The van der Waals surface area contributed by atoms with Gasteiger partial charge in [-0.1, -0.05) is 6.42 Å². The lowest BCUT2D eigenvalue weighted by Crippen LogP contribution is -2.06. The molecule has 0 fully saturated rings. The number of nitrogens with one attached hydrogen (secondary N) is 1. The number of hydrogen-bond acceptors (Lipinski definition) is 6. The molecule has 0 bridgehead atoms. The summed E-state index contributed by atoms with van der Waals surface area (Å²) >= 11 is 0. The molecule has 0 amide bonds. The number of ether oxygens (including phenoxy) is 1. The number of hydrogen-bond donors (Lipinski definition) is 1. The molecule has 7 heteroatoms. The van der Waals surface area contributed by atoms with Gasteiger partial charge in [0.05, 0.1) is 7.11 Å². The zero-order chi connectivity index (χ0) is 14.4. The van der Waals surface area contributed by atoms with Crippen LogP contribution in [-0.2, 0) is 9.53 Å². The van der Waals surface area contributed by atoms with Gasteiger partial charge in [-0.25, -0.2) is 4.98 Å². The van der Waals surface area contributed by atoms with Crippen LogP contribution in [0.1, 0.15) is 31.5 Å². The molecule has 0 atom stereocenters. The summed E-state index contributed by atoms with van der Waals surface area (Å²) < 4.78 is 6.49. The molecule has 0 radical (unpaired) electrons. The second-order valence-electron chi connectivity index (χ2n) is 4.53. The van der Waals surface area contributed by atoms with Crippen molar-refractivity contribution in [3.8, 4) is 0 Å². The standard InChI is InChI=1S/C13H19N5O2/c1-10-16-17-13-12(15-8-9-18(10)13)14-7-5-3-4-6-11(19)20-2/h8-9H,3-7H2,1-2H3,(H,14,15). The molecule has 2 aromatic rings. The van der Waals surface area contributed by atoms with Crippen molar-refractivity contribution in [2.45, 2.75) is 32.6 Å². The minimum absolute atomic E-state index is 0.150. The maximum atomic E-state index is 10.9. The number of aryl methyl sites for hydroxylation is 1. The van der Waals surface area contributed by atoms with E-state index in [0.29, 0.717) is 6.42 Å². The number of anilines is 1. The Morgan fingerprint density at radius 2 is 2.20 bits per heavy atom. The molecular formula is C13H19N5O2. The lowest BCUT2D eigenvalue weighted by molar-refractivity contribution is -0.140. The van der Waals surface area contributed by atoms with Gasteiger partial charge in [0.2, 0.25) is 5.65 Å². The van der Waals surface area contributed by atoms with Crippen LogP contribution in [0.3, 0.4) is 0 Å². The summed E-state index contributed by atoms with van der Waals surface area (Å²) in [5.41, 5.74) is 0.736. The highest BCUT2D eigenvalue weighted by molar-refractivity contribution is 5.69. The maximum Gasteiger partial charge on any atom is 0.305 e. The number of fused-ring (bicyclic) bond motifs is 1. The molecule has 0 aliphatic heterocycles. The van der Waals surface area contributed by atoms with Gasteiger partial charge < -0.3 is 10.1 Å². The Morgan fingerprint density at radius 3 is 3.00 bits per heavy atom. The highest BCUT2D eigenvalue weighted by Crippen LogP contribution is 2.12. The fraction of sp³-hybridized carbons (Fsp3) is 0.538. The third-order valence-corrected chi connectivity index (χ3v) is 3.08. The van der Waals surface area contributed by atoms with Gasteiger partial charge in [0.15, 0.2) is 5.82 Å². The van der Waals surface area contributed by atoms with Gasteiger partial charge >= 0.3 is 5.97 Å². The third kappa shape index (κ3) is 3.43. The number of esters is 1. The highest BCUT2D eigenvalue weighted by atomic mass is 16.5. The number of carbonyl (C=O) groups is 1. The van der Waals surface area contributed by atoms with E-state index in [2.05, 4.69) is 25.2 Å². The first-order chi connectivity index (χ1) is 9.72. The SMILES string of the molecule is COC(=O)CCCCCNc1nccn2c(C)nnc12. The molecule has 2 rings (SSSR count). The number of rotatable bonds is 7. The summed E-state index contributed by atoms with van der Waals surface area (Å²) in [6, 6.07) is 0. The lowest BCUT2D eigenvalue weighted by Gasteiger charge is -2.06. The molecule has 0 saturated carbocycles. The largest absolute Gasteiger partial charge is 0.469 e. The van der Waals surface area contributed by atoms with Crippen LogP contribution in [0.15, 0.2) is 12.4 Å². The molecule has 2 aromatic heterocycles. The number of aromatic nitrogens is 4. The van der Waals surface area contributed by atoms with Crippen LogP contribution in [0.25, 0.3) is 5.65 Å². The molecule has 0 aliphatic carbocycles. The van der Waals surface area contributed by atoms with Crippen LogP contribution >= 0.6 is 0 Å². The molecule has 20 heavy (non-hydrogen) atoms. The number of methoxy groups -OCH3 is 1. The van der Waals surface area contributed by atoms with E-state index < -0.39 is 0 Å². The Balaban J connectivity index is 1.77.